The normalized spacial score (nSPS) is 12.0. The summed E-state index contributed by atoms with van der Waals surface area (Å²) in [4.78, 5) is 12.3. The average Bonchev–Trinajstić information content (AvgIpc) is 2.61. The highest BCUT2D eigenvalue weighted by Gasteiger charge is 2.17. The van der Waals surface area contributed by atoms with Gasteiger partial charge in [-0.05, 0) is 62.9 Å². The molecule has 1 unspecified atom stereocenters. The van der Waals surface area contributed by atoms with Crippen LogP contribution in [0, 0.1) is 19.8 Å². The summed E-state index contributed by atoms with van der Waals surface area (Å²) < 4.78 is 5.61. The highest BCUT2D eigenvalue weighted by Crippen LogP contribution is 2.23. The number of aryl methyl sites for hydroxylation is 3. The van der Waals surface area contributed by atoms with E-state index < -0.39 is 0 Å². The van der Waals surface area contributed by atoms with Crippen molar-refractivity contribution >= 4 is 5.97 Å². The smallest absolute Gasteiger partial charge is 0.314 e. The van der Waals surface area contributed by atoms with Crippen molar-refractivity contribution in [3.63, 3.8) is 0 Å². The van der Waals surface area contributed by atoms with E-state index in [2.05, 4.69) is 29.6 Å². The van der Waals surface area contributed by atoms with Crippen LogP contribution in [0.2, 0.25) is 0 Å². The van der Waals surface area contributed by atoms with Crippen molar-refractivity contribution in [3.05, 3.63) is 65.2 Å². The third-order valence-corrected chi connectivity index (χ3v) is 4.43. The Hall–Kier alpha value is -2.13. The average molecular weight is 339 g/mol. The van der Waals surface area contributed by atoms with Crippen LogP contribution < -0.4 is 10.1 Å². The number of ether oxygens (including phenoxy) is 1. The van der Waals surface area contributed by atoms with Crippen LogP contribution in [0.4, 0.5) is 0 Å². The van der Waals surface area contributed by atoms with Gasteiger partial charge in [-0.1, -0.05) is 55.5 Å². The Bertz CT molecular complexity index is 647. The predicted molar refractivity (Wildman–Crippen MR) is 103 cm³/mol. The van der Waals surface area contributed by atoms with E-state index in [0.717, 1.165) is 43.5 Å². The molecule has 2 rings (SSSR count). The van der Waals surface area contributed by atoms with Gasteiger partial charge in [0.25, 0.3) is 0 Å². The lowest BCUT2D eigenvalue weighted by Crippen LogP contribution is -2.25. The van der Waals surface area contributed by atoms with Crippen LogP contribution in [0.5, 0.6) is 5.75 Å². The number of esters is 1. The Morgan fingerprint density at radius 1 is 1.00 bits per heavy atom. The fraction of sp³-hybridized carbons (Fsp3) is 0.409. The molecule has 0 saturated carbocycles. The molecule has 0 amide bonds. The highest BCUT2D eigenvalue weighted by molar-refractivity contribution is 5.75. The first-order valence-electron chi connectivity index (χ1n) is 9.10. The van der Waals surface area contributed by atoms with Gasteiger partial charge < -0.3 is 10.1 Å². The minimum absolute atomic E-state index is 0.111. The van der Waals surface area contributed by atoms with E-state index >= 15 is 0 Å². The number of hydrogen-bond donors (Lipinski definition) is 1. The van der Waals surface area contributed by atoms with Gasteiger partial charge in [0.1, 0.15) is 5.75 Å². The van der Waals surface area contributed by atoms with Crippen molar-refractivity contribution in [1.29, 1.82) is 0 Å². The fourth-order valence-electron chi connectivity index (χ4n) is 2.78. The van der Waals surface area contributed by atoms with E-state index in [1.807, 2.05) is 45.0 Å². The number of hydrogen-bond acceptors (Lipinski definition) is 3. The van der Waals surface area contributed by atoms with Gasteiger partial charge in [-0.15, -0.1) is 0 Å². The molecule has 0 aliphatic rings. The lowest BCUT2D eigenvalue weighted by molar-refractivity contribution is -0.138. The molecule has 0 fully saturated rings. The Morgan fingerprint density at radius 3 is 2.36 bits per heavy atom. The number of nitrogens with one attached hydrogen (secondary N) is 1. The van der Waals surface area contributed by atoms with Crippen molar-refractivity contribution in [1.82, 2.24) is 5.32 Å². The van der Waals surface area contributed by atoms with Crippen LogP contribution in [-0.4, -0.2) is 19.1 Å². The van der Waals surface area contributed by atoms with Gasteiger partial charge in [0.05, 0.1) is 5.92 Å². The predicted octanol–water partition coefficient (Wildman–Crippen LogP) is 4.46. The SMILES string of the molecule is Cc1cccc(C)c1OC(=O)C(C)CCNCCCc1ccccc1. The summed E-state index contributed by atoms with van der Waals surface area (Å²) >= 11 is 0. The third kappa shape index (κ3) is 6.35. The molecule has 1 N–H and O–H groups in total. The molecule has 2 aromatic rings. The zero-order valence-electron chi connectivity index (χ0n) is 15.5. The Balaban J connectivity index is 1.64. The molecular weight excluding hydrogens is 310 g/mol. The second-order valence-corrected chi connectivity index (χ2v) is 6.67. The van der Waals surface area contributed by atoms with E-state index in [1.165, 1.54) is 5.56 Å². The summed E-state index contributed by atoms with van der Waals surface area (Å²) in [6.07, 6.45) is 2.97. The quantitative estimate of drug-likeness (QED) is 0.416. The van der Waals surface area contributed by atoms with Gasteiger partial charge in [0, 0.05) is 0 Å². The van der Waals surface area contributed by atoms with E-state index in [1.54, 1.807) is 0 Å². The van der Waals surface area contributed by atoms with Crippen molar-refractivity contribution in [2.75, 3.05) is 13.1 Å². The van der Waals surface area contributed by atoms with Crippen molar-refractivity contribution < 1.29 is 9.53 Å². The third-order valence-electron chi connectivity index (χ3n) is 4.43. The first-order valence-corrected chi connectivity index (χ1v) is 9.10. The van der Waals surface area contributed by atoms with Crippen molar-refractivity contribution in [2.24, 2.45) is 5.92 Å². The minimum Gasteiger partial charge on any atom is -0.426 e. The summed E-state index contributed by atoms with van der Waals surface area (Å²) in [6.45, 7) is 7.66. The Labute approximate surface area is 151 Å². The van der Waals surface area contributed by atoms with E-state index in [0.29, 0.717) is 5.75 Å². The number of carbonyl (C=O) groups excluding carboxylic acids is 1. The Kier molecular flexibility index (Phi) is 7.68. The second kappa shape index (κ2) is 10.00. The summed E-state index contributed by atoms with van der Waals surface area (Å²) in [7, 11) is 0. The maximum Gasteiger partial charge on any atom is 0.314 e. The van der Waals surface area contributed by atoms with Crippen molar-refractivity contribution in [2.45, 2.75) is 40.0 Å². The van der Waals surface area contributed by atoms with E-state index in [-0.39, 0.29) is 11.9 Å². The largest absolute Gasteiger partial charge is 0.426 e. The topological polar surface area (TPSA) is 38.3 Å². The maximum absolute atomic E-state index is 12.3. The fourth-order valence-corrected chi connectivity index (χ4v) is 2.78. The van der Waals surface area contributed by atoms with Gasteiger partial charge in [0.2, 0.25) is 0 Å². The molecule has 0 aliphatic heterocycles. The van der Waals surface area contributed by atoms with Crippen LogP contribution in [-0.2, 0) is 11.2 Å². The molecule has 2 aromatic carbocycles. The minimum atomic E-state index is -0.150. The summed E-state index contributed by atoms with van der Waals surface area (Å²) in [6, 6.07) is 16.4. The summed E-state index contributed by atoms with van der Waals surface area (Å²) in [5.41, 5.74) is 3.37. The zero-order valence-corrected chi connectivity index (χ0v) is 15.5. The molecule has 1 atom stereocenters. The molecule has 0 heterocycles. The second-order valence-electron chi connectivity index (χ2n) is 6.67. The molecule has 0 bridgehead atoms. The lowest BCUT2D eigenvalue weighted by Gasteiger charge is -2.14. The Morgan fingerprint density at radius 2 is 1.68 bits per heavy atom. The van der Waals surface area contributed by atoms with Crippen LogP contribution in [0.15, 0.2) is 48.5 Å². The molecule has 0 radical (unpaired) electrons. The van der Waals surface area contributed by atoms with Gasteiger partial charge in [-0.3, -0.25) is 4.79 Å². The standard InChI is InChI=1S/C22H29NO2/c1-17-9-7-10-18(2)21(17)25-22(24)19(3)14-16-23-15-8-13-20-11-5-4-6-12-20/h4-7,9-12,19,23H,8,13-16H2,1-3H3. The van der Waals surface area contributed by atoms with E-state index in [4.69, 9.17) is 4.74 Å². The number of carbonyl (C=O) groups is 1. The van der Waals surface area contributed by atoms with Gasteiger partial charge >= 0.3 is 5.97 Å². The summed E-state index contributed by atoms with van der Waals surface area (Å²) in [5, 5.41) is 3.42. The molecule has 134 valence electrons. The molecule has 25 heavy (non-hydrogen) atoms. The van der Waals surface area contributed by atoms with Gasteiger partial charge in [-0.25, -0.2) is 0 Å². The zero-order chi connectivity index (χ0) is 18.1. The number of rotatable bonds is 9. The molecule has 0 spiro atoms. The van der Waals surface area contributed by atoms with Gasteiger partial charge in [-0.2, -0.15) is 0 Å². The number of benzene rings is 2. The van der Waals surface area contributed by atoms with Crippen LogP contribution in [0.1, 0.15) is 36.5 Å². The lowest BCUT2D eigenvalue weighted by atomic mass is 10.1. The van der Waals surface area contributed by atoms with Crippen LogP contribution >= 0.6 is 0 Å². The molecule has 0 aliphatic carbocycles. The summed E-state index contributed by atoms with van der Waals surface area (Å²) in [5.74, 6) is 0.444. The van der Waals surface area contributed by atoms with E-state index in [9.17, 15) is 4.79 Å². The molecule has 3 nitrogen and oxygen atoms in total. The molecule has 0 saturated heterocycles. The van der Waals surface area contributed by atoms with Crippen molar-refractivity contribution in [3.8, 4) is 5.75 Å². The molecular formula is C22H29NO2. The number of para-hydroxylation sites is 1. The molecule has 0 aromatic heterocycles. The van der Waals surface area contributed by atoms with Gasteiger partial charge in [0.15, 0.2) is 0 Å². The van der Waals surface area contributed by atoms with Crippen LogP contribution in [0.3, 0.4) is 0 Å². The maximum atomic E-state index is 12.3. The first-order chi connectivity index (χ1) is 12.1. The first kappa shape index (κ1) is 19.2. The van der Waals surface area contributed by atoms with Crippen LogP contribution in [0.25, 0.3) is 0 Å². The highest BCUT2D eigenvalue weighted by atomic mass is 16.5. The molecule has 3 heteroatoms. The monoisotopic (exact) mass is 339 g/mol.